The molecule has 1 rings (SSSR count). The van der Waals surface area contributed by atoms with Crippen LogP contribution in [0.25, 0.3) is 0 Å². The Morgan fingerprint density at radius 1 is 1.47 bits per heavy atom. The van der Waals surface area contributed by atoms with Gasteiger partial charge in [0.2, 0.25) is 0 Å². The average Bonchev–Trinajstić information content (AvgIpc) is 2.29. The monoisotopic (exact) mass is 274 g/mol. The van der Waals surface area contributed by atoms with Crippen LogP contribution in [0.2, 0.25) is 5.02 Å². The van der Waals surface area contributed by atoms with Gasteiger partial charge in [0.1, 0.15) is 5.69 Å². The van der Waals surface area contributed by atoms with Crippen molar-refractivity contribution in [1.29, 1.82) is 0 Å². The first-order chi connectivity index (χ1) is 8.04. The van der Waals surface area contributed by atoms with E-state index in [9.17, 15) is 4.79 Å². The van der Waals surface area contributed by atoms with E-state index < -0.39 is 0 Å². The van der Waals surface area contributed by atoms with E-state index in [1.54, 1.807) is 12.1 Å². The zero-order chi connectivity index (χ0) is 12.8. The summed E-state index contributed by atoms with van der Waals surface area (Å²) in [5, 5.41) is 3.44. The molecule has 5 heteroatoms. The molecule has 0 bridgehead atoms. The van der Waals surface area contributed by atoms with Crippen LogP contribution < -0.4 is 5.32 Å². The smallest absolute Gasteiger partial charge is 0.270 e. The Kier molecular flexibility index (Phi) is 5.72. The highest BCUT2D eigenvalue weighted by Gasteiger charge is 2.17. The zero-order valence-electron chi connectivity index (χ0n) is 9.91. The third-order valence-corrected chi connectivity index (χ3v) is 2.94. The highest BCUT2D eigenvalue weighted by molar-refractivity contribution is 6.30. The maximum atomic E-state index is 11.9. The molecule has 0 saturated heterocycles. The summed E-state index contributed by atoms with van der Waals surface area (Å²) in [6.45, 7) is 4.10. The summed E-state index contributed by atoms with van der Waals surface area (Å²) in [5.74, 6) is 0.674. The molecule has 17 heavy (non-hydrogen) atoms. The van der Waals surface area contributed by atoms with E-state index in [2.05, 4.69) is 10.3 Å². The Balaban J connectivity index is 2.66. The van der Waals surface area contributed by atoms with Gasteiger partial charge in [-0.3, -0.25) is 4.79 Å². The fraction of sp³-hybridized carbons (Fsp3) is 0.500. The molecule has 1 aromatic rings. The number of hydrogen-bond acceptors (Lipinski definition) is 2. The molecule has 0 spiro atoms. The van der Waals surface area contributed by atoms with Gasteiger partial charge >= 0.3 is 0 Å². The van der Waals surface area contributed by atoms with Crippen molar-refractivity contribution in [3.8, 4) is 0 Å². The van der Waals surface area contributed by atoms with Crippen molar-refractivity contribution < 1.29 is 4.79 Å². The second-order valence-electron chi connectivity index (χ2n) is 4.16. The van der Waals surface area contributed by atoms with Crippen molar-refractivity contribution in [3.05, 3.63) is 29.0 Å². The van der Waals surface area contributed by atoms with Gasteiger partial charge in [-0.2, -0.15) is 0 Å². The molecule has 0 aliphatic rings. The lowest BCUT2D eigenvalue weighted by Gasteiger charge is -2.21. The molecule has 0 aliphatic carbocycles. The number of rotatable bonds is 5. The van der Waals surface area contributed by atoms with Crippen molar-refractivity contribution >= 4 is 29.1 Å². The minimum absolute atomic E-state index is 0.0671. The molecule has 0 aliphatic heterocycles. The number of carbonyl (C=O) groups excluding carboxylic acids is 1. The van der Waals surface area contributed by atoms with E-state index in [4.69, 9.17) is 23.2 Å². The molecule has 3 nitrogen and oxygen atoms in total. The number of carbonyl (C=O) groups is 1. The molecule has 1 unspecified atom stereocenters. The summed E-state index contributed by atoms with van der Waals surface area (Å²) in [6, 6.07) is 3.32. The molecule has 1 atom stereocenters. The van der Waals surface area contributed by atoms with Crippen molar-refractivity contribution in [2.24, 2.45) is 5.92 Å². The normalized spacial score (nSPS) is 12.5. The van der Waals surface area contributed by atoms with Gasteiger partial charge in [0.05, 0.1) is 5.02 Å². The first kappa shape index (κ1) is 14.3. The van der Waals surface area contributed by atoms with Crippen LogP contribution >= 0.6 is 23.2 Å². The lowest BCUT2D eigenvalue weighted by atomic mass is 10.0. The highest BCUT2D eigenvalue weighted by atomic mass is 35.5. The molecule has 1 aromatic heterocycles. The van der Waals surface area contributed by atoms with E-state index in [0.29, 0.717) is 22.5 Å². The molecule has 1 heterocycles. The molecule has 0 fully saturated rings. The van der Waals surface area contributed by atoms with Gasteiger partial charge in [0.25, 0.3) is 5.91 Å². The molecule has 0 aromatic carbocycles. The lowest BCUT2D eigenvalue weighted by molar-refractivity contribution is 0.0920. The Morgan fingerprint density at radius 2 is 2.18 bits per heavy atom. The fourth-order valence-corrected chi connectivity index (χ4v) is 1.79. The van der Waals surface area contributed by atoms with Gasteiger partial charge in [0.15, 0.2) is 0 Å². The first-order valence-corrected chi connectivity index (χ1v) is 6.44. The van der Waals surface area contributed by atoms with Gasteiger partial charge < -0.3 is 5.32 Å². The van der Waals surface area contributed by atoms with Crippen LogP contribution in [0.4, 0.5) is 0 Å². The molecule has 1 N–H and O–H groups in total. The van der Waals surface area contributed by atoms with E-state index >= 15 is 0 Å². The predicted molar refractivity (Wildman–Crippen MR) is 70.7 cm³/mol. The topological polar surface area (TPSA) is 42.0 Å². The number of halogens is 2. The number of hydrogen-bond donors (Lipinski definition) is 1. The SMILES string of the molecule is CC(C)C(CCCl)NC(=O)c1ccc(Cl)cn1. The van der Waals surface area contributed by atoms with Crippen molar-refractivity contribution in [1.82, 2.24) is 10.3 Å². The third kappa shape index (κ3) is 4.52. The van der Waals surface area contributed by atoms with Crippen molar-refractivity contribution in [2.75, 3.05) is 5.88 Å². The van der Waals surface area contributed by atoms with Crippen LogP contribution in [0.5, 0.6) is 0 Å². The summed E-state index contributed by atoms with van der Waals surface area (Å²) in [7, 11) is 0. The maximum Gasteiger partial charge on any atom is 0.270 e. The molecular weight excluding hydrogens is 259 g/mol. The Labute approximate surface area is 112 Å². The van der Waals surface area contributed by atoms with Crippen LogP contribution in [-0.2, 0) is 0 Å². The summed E-state index contributed by atoms with van der Waals surface area (Å²) in [5.41, 5.74) is 0.370. The van der Waals surface area contributed by atoms with Crippen LogP contribution in [-0.4, -0.2) is 22.8 Å². The maximum absolute atomic E-state index is 11.9. The van der Waals surface area contributed by atoms with E-state index in [-0.39, 0.29) is 11.9 Å². The fourth-order valence-electron chi connectivity index (χ4n) is 1.44. The van der Waals surface area contributed by atoms with Crippen molar-refractivity contribution in [2.45, 2.75) is 26.3 Å². The summed E-state index contributed by atoms with van der Waals surface area (Å²) >= 11 is 11.4. The van der Waals surface area contributed by atoms with Crippen molar-refractivity contribution in [3.63, 3.8) is 0 Å². The van der Waals surface area contributed by atoms with Crippen LogP contribution in [0.3, 0.4) is 0 Å². The number of pyridine rings is 1. The molecule has 0 saturated carbocycles. The van der Waals surface area contributed by atoms with Crippen LogP contribution in [0, 0.1) is 5.92 Å². The minimum atomic E-state index is -0.189. The summed E-state index contributed by atoms with van der Waals surface area (Å²) in [4.78, 5) is 15.9. The van der Waals surface area contributed by atoms with Crippen LogP contribution in [0.15, 0.2) is 18.3 Å². The van der Waals surface area contributed by atoms with Gasteiger partial charge in [-0.25, -0.2) is 4.98 Å². The Hall–Kier alpha value is -0.800. The minimum Gasteiger partial charge on any atom is -0.348 e. The van der Waals surface area contributed by atoms with Crippen LogP contribution in [0.1, 0.15) is 30.8 Å². The second kappa shape index (κ2) is 6.82. The zero-order valence-corrected chi connectivity index (χ0v) is 11.4. The Bertz CT molecular complexity index is 365. The quantitative estimate of drug-likeness (QED) is 0.839. The summed E-state index contributed by atoms with van der Waals surface area (Å²) in [6.07, 6.45) is 2.21. The first-order valence-electron chi connectivity index (χ1n) is 5.53. The van der Waals surface area contributed by atoms with Gasteiger partial charge in [-0.15, -0.1) is 11.6 Å². The van der Waals surface area contributed by atoms with Gasteiger partial charge in [0, 0.05) is 18.1 Å². The lowest BCUT2D eigenvalue weighted by Crippen LogP contribution is -2.39. The number of alkyl halides is 1. The highest BCUT2D eigenvalue weighted by Crippen LogP contribution is 2.10. The molecule has 94 valence electrons. The van der Waals surface area contributed by atoms with Gasteiger partial charge in [-0.05, 0) is 24.5 Å². The second-order valence-corrected chi connectivity index (χ2v) is 4.98. The molecular formula is C12H16Cl2N2O. The standard InChI is InChI=1S/C12H16Cl2N2O/c1-8(2)10(5-6-13)16-12(17)11-4-3-9(14)7-15-11/h3-4,7-8,10H,5-6H2,1-2H3,(H,16,17). The average molecular weight is 275 g/mol. The third-order valence-electron chi connectivity index (χ3n) is 2.50. The van der Waals surface area contributed by atoms with Gasteiger partial charge in [-0.1, -0.05) is 25.4 Å². The predicted octanol–water partition coefficient (Wildman–Crippen LogP) is 3.12. The number of nitrogens with zero attached hydrogens (tertiary/aromatic N) is 1. The van der Waals surface area contributed by atoms with E-state index in [1.165, 1.54) is 6.20 Å². The number of nitrogens with one attached hydrogen (secondary N) is 1. The largest absolute Gasteiger partial charge is 0.348 e. The number of aromatic nitrogens is 1. The van der Waals surface area contributed by atoms with E-state index in [1.807, 2.05) is 13.8 Å². The Morgan fingerprint density at radius 3 is 2.65 bits per heavy atom. The molecule has 0 radical (unpaired) electrons. The molecule has 1 amide bonds. The summed E-state index contributed by atoms with van der Waals surface area (Å²) < 4.78 is 0. The number of amides is 1. The van der Waals surface area contributed by atoms with E-state index in [0.717, 1.165) is 6.42 Å².